The third-order valence-corrected chi connectivity index (χ3v) is 1.72. The van der Waals surface area contributed by atoms with Crippen molar-refractivity contribution in [3.05, 3.63) is 17.5 Å². The van der Waals surface area contributed by atoms with E-state index in [0.29, 0.717) is 0 Å². The highest BCUT2D eigenvalue weighted by Crippen LogP contribution is 2.06. The van der Waals surface area contributed by atoms with Gasteiger partial charge in [0.1, 0.15) is 6.26 Å². The number of likely N-dealkylation sites (N-methyl/N-ethyl adjacent to an activating group) is 1. The van der Waals surface area contributed by atoms with Gasteiger partial charge in [0, 0.05) is 18.5 Å². The molecular weight excluding hydrogens is 140 g/mol. The van der Waals surface area contributed by atoms with E-state index in [1.165, 1.54) is 5.56 Å². The lowest BCUT2D eigenvalue weighted by Gasteiger charge is -1.96. The van der Waals surface area contributed by atoms with Crippen LogP contribution in [0.4, 0.5) is 0 Å². The lowest BCUT2D eigenvalue weighted by atomic mass is 10.1. The van der Waals surface area contributed by atoms with E-state index in [1.54, 1.807) is 6.26 Å². The number of nitrogens with one attached hydrogen (secondary N) is 1. The summed E-state index contributed by atoms with van der Waals surface area (Å²) in [5, 5.41) is 6.99. The smallest absolute Gasteiger partial charge is 0.127 e. The van der Waals surface area contributed by atoms with Crippen LogP contribution in [0.5, 0.6) is 0 Å². The first-order chi connectivity index (χ1) is 5.38. The van der Waals surface area contributed by atoms with Gasteiger partial charge in [-0.1, -0.05) is 12.1 Å². The van der Waals surface area contributed by atoms with Crippen LogP contribution in [0.15, 0.2) is 10.8 Å². The molecule has 0 fully saturated rings. The molecule has 0 radical (unpaired) electrons. The third kappa shape index (κ3) is 2.05. The second-order valence-electron chi connectivity index (χ2n) is 2.49. The van der Waals surface area contributed by atoms with Crippen molar-refractivity contribution in [3.63, 3.8) is 0 Å². The molecule has 0 aliphatic rings. The van der Waals surface area contributed by atoms with Crippen molar-refractivity contribution < 1.29 is 4.52 Å². The second-order valence-corrected chi connectivity index (χ2v) is 2.49. The molecule has 1 heterocycles. The molecule has 3 heteroatoms. The van der Waals surface area contributed by atoms with Gasteiger partial charge in [0.2, 0.25) is 0 Å². The molecule has 0 amide bonds. The number of nitrogens with zero attached hydrogens (tertiary/aromatic N) is 1. The summed E-state index contributed by atoms with van der Waals surface area (Å²) >= 11 is 0. The summed E-state index contributed by atoms with van der Waals surface area (Å²) in [5.74, 6) is 0. The first-order valence-corrected chi connectivity index (χ1v) is 3.95. The number of aromatic nitrogens is 1. The van der Waals surface area contributed by atoms with Crippen molar-refractivity contribution >= 4 is 0 Å². The third-order valence-electron chi connectivity index (χ3n) is 1.72. The topological polar surface area (TPSA) is 38.1 Å². The Bertz CT molecular complexity index is 208. The summed E-state index contributed by atoms with van der Waals surface area (Å²) in [6.07, 6.45) is 3.68. The minimum absolute atomic E-state index is 0.955. The first-order valence-electron chi connectivity index (χ1n) is 3.95. The van der Waals surface area contributed by atoms with Crippen LogP contribution in [0.3, 0.4) is 0 Å². The van der Waals surface area contributed by atoms with E-state index in [2.05, 4.69) is 17.4 Å². The monoisotopic (exact) mass is 154 g/mol. The zero-order valence-electron chi connectivity index (χ0n) is 7.05. The van der Waals surface area contributed by atoms with Crippen molar-refractivity contribution in [2.24, 2.45) is 0 Å². The van der Waals surface area contributed by atoms with Crippen molar-refractivity contribution in [2.75, 3.05) is 13.6 Å². The van der Waals surface area contributed by atoms with E-state index in [0.717, 1.165) is 25.1 Å². The summed E-state index contributed by atoms with van der Waals surface area (Å²) in [6.45, 7) is 3.06. The Morgan fingerprint density at radius 2 is 2.45 bits per heavy atom. The van der Waals surface area contributed by atoms with Crippen LogP contribution in [0.25, 0.3) is 0 Å². The van der Waals surface area contributed by atoms with Crippen molar-refractivity contribution in [1.82, 2.24) is 10.5 Å². The Morgan fingerprint density at radius 3 is 3.09 bits per heavy atom. The van der Waals surface area contributed by atoms with Gasteiger partial charge in [0.15, 0.2) is 0 Å². The highest BCUT2D eigenvalue weighted by molar-refractivity contribution is 5.14. The molecule has 3 nitrogen and oxygen atoms in total. The van der Waals surface area contributed by atoms with Gasteiger partial charge in [-0.25, -0.2) is 0 Å². The van der Waals surface area contributed by atoms with Crippen LogP contribution >= 0.6 is 0 Å². The fourth-order valence-corrected chi connectivity index (χ4v) is 1.02. The molecule has 1 rings (SSSR count). The average molecular weight is 154 g/mol. The van der Waals surface area contributed by atoms with Gasteiger partial charge in [0.25, 0.3) is 0 Å². The molecule has 0 atom stereocenters. The molecule has 0 aromatic carbocycles. The standard InChI is InChI=1S/C8H14N2O/c1-3-7-6-11-10-8(7)4-5-9-2/h6,9H,3-5H2,1-2H3. The summed E-state index contributed by atoms with van der Waals surface area (Å²) < 4.78 is 4.86. The quantitative estimate of drug-likeness (QED) is 0.703. The predicted octanol–water partition coefficient (Wildman–Crippen LogP) is 0.999. The Morgan fingerprint density at radius 1 is 1.64 bits per heavy atom. The molecule has 0 aliphatic carbocycles. The van der Waals surface area contributed by atoms with Crippen LogP contribution in [0.1, 0.15) is 18.2 Å². The molecular formula is C8H14N2O. The summed E-state index contributed by atoms with van der Waals surface area (Å²) in [7, 11) is 1.94. The van der Waals surface area contributed by atoms with Crippen LogP contribution in [0, 0.1) is 0 Å². The van der Waals surface area contributed by atoms with E-state index < -0.39 is 0 Å². The van der Waals surface area contributed by atoms with Crippen molar-refractivity contribution in [1.29, 1.82) is 0 Å². The molecule has 0 spiro atoms. The van der Waals surface area contributed by atoms with Crippen molar-refractivity contribution in [2.45, 2.75) is 19.8 Å². The van der Waals surface area contributed by atoms with E-state index >= 15 is 0 Å². The maximum absolute atomic E-state index is 4.86. The van der Waals surface area contributed by atoms with Crippen LogP contribution < -0.4 is 5.32 Å². The molecule has 0 saturated carbocycles. The van der Waals surface area contributed by atoms with Gasteiger partial charge in [-0.2, -0.15) is 0 Å². The zero-order chi connectivity index (χ0) is 8.10. The summed E-state index contributed by atoms with van der Waals surface area (Å²) in [5.41, 5.74) is 2.31. The van der Waals surface area contributed by atoms with Gasteiger partial charge in [-0.3, -0.25) is 0 Å². The highest BCUT2D eigenvalue weighted by Gasteiger charge is 2.03. The fraction of sp³-hybridized carbons (Fsp3) is 0.625. The molecule has 62 valence electrons. The van der Waals surface area contributed by atoms with Gasteiger partial charge < -0.3 is 9.84 Å². The number of aryl methyl sites for hydroxylation is 1. The van der Waals surface area contributed by atoms with Gasteiger partial charge in [0.05, 0.1) is 5.69 Å². The predicted molar refractivity (Wildman–Crippen MR) is 43.5 cm³/mol. The Labute approximate surface area is 66.8 Å². The largest absolute Gasteiger partial charge is 0.364 e. The highest BCUT2D eigenvalue weighted by atomic mass is 16.5. The van der Waals surface area contributed by atoms with Gasteiger partial charge in [-0.15, -0.1) is 0 Å². The Kier molecular flexibility index (Phi) is 3.11. The number of hydrogen-bond donors (Lipinski definition) is 1. The van der Waals surface area contributed by atoms with Gasteiger partial charge >= 0.3 is 0 Å². The minimum atomic E-state index is 0.955. The molecule has 0 aliphatic heterocycles. The minimum Gasteiger partial charge on any atom is -0.364 e. The molecule has 1 N–H and O–H groups in total. The van der Waals surface area contributed by atoms with E-state index in [-0.39, 0.29) is 0 Å². The van der Waals surface area contributed by atoms with Crippen LogP contribution in [-0.4, -0.2) is 18.7 Å². The van der Waals surface area contributed by atoms with E-state index in [4.69, 9.17) is 4.52 Å². The fourth-order valence-electron chi connectivity index (χ4n) is 1.02. The molecule has 0 saturated heterocycles. The SMILES string of the molecule is CCc1conc1CCNC. The number of rotatable bonds is 4. The van der Waals surface area contributed by atoms with Crippen molar-refractivity contribution in [3.8, 4) is 0 Å². The Hall–Kier alpha value is -0.830. The molecule has 1 aromatic rings. The van der Waals surface area contributed by atoms with Crippen LogP contribution in [-0.2, 0) is 12.8 Å². The summed E-state index contributed by atoms with van der Waals surface area (Å²) in [4.78, 5) is 0. The lowest BCUT2D eigenvalue weighted by Crippen LogP contribution is -2.11. The van der Waals surface area contributed by atoms with Gasteiger partial charge in [-0.05, 0) is 13.5 Å². The molecule has 1 aromatic heterocycles. The molecule has 0 bridgehead atoms. The van der Waals surface area contributed by atoms with E-state index in [1.807, 2.05) is 7.05 Å². The average Bonchev–Trinajstić information content (AvgIpc) is 2.47. The first kappa shape index (κ1) is 8.27. The lowest BCUT2D eigenvalue weighted by molar-refractivity contribution is 0.411. The Balaban J connectivity index is 2.54. The summed E-state index contributed by atoms with van der Waals surface area (Å²) in [6, 6.07) is 0. The van der Waals surface area contributed by atoms with E-state index in [9.17, 15) is 0 Å². The second kappa shape index (κ2) is 4.13. The maximum atomic E-state index is 4.86. The molecule has 0 unspecified atom stereocenters. The normalized spacial score (nSPS) is 10.4. The molecule has 11 heavy (non-hydrogen) atoms. The number of hydrogen-bond acceptors (Lipinski definition) is 3. The zero-order valence-corrected chi connectivity index (χ0v) is 7.05. The van der Waals surface area contributed by atoms with Crippen LogP contribution in [0.2, 0.25) is 0 Å². The maximum Gasteiger partial charge on any atom is 0.127 e.